The second-order valence-corrected chi connectivity index (χ2v) is 2.89. The first kappa shape index (κ1) is 7.03. The van der Waals surface area contributed by atoms with Crippen molar-refractivity contribution in [3.05, 3.63) is 23.9 Å². The van der Waals surface area contributed by atoms with E-state index in [9.17, 15) is 0 Å². The van der Waals surface area contributed by atoms with Gasteiger partial charge in [-0.15, -0.1) is 0 Å². The number of benzene rings is 1. The third-order valence-electron chi connectivity index (χ3n) is 2.02. The standard InChI is InChI=1S/C9H10N2O/c1-5-9(10)7-3-2-6(12)4-8(7)11-5/h2-4,11-12H,10H2,1H3. The van der Waals surface area contributed by atoms with Crippen LogP contribution < -0.4 is 5.73 Å². The first-order valence-corrected chi connectivity index (χ1v) is 3.75. The summed E-state index contributed by atoms with van der Waals surface area (Å²) in [5.74, 6) is 0.253. The van der Waals surface area contributed by atoms with E-state index in [0.717, 1.165) is 22.3 Å². The van der Waals surface area contributed by atoms with Crippen LogP contribution in [0, 0.1) is 6.92 Å². The summed E-state index contributed by atoms with van der Waals surface area (Å²) in [6, 6.07) is 5.11. The molecule has 0 aliphatic heterocycles. The molecule has 0 saturated carbocycles. The number of aryl methyl sites for hydroxylation is 1. The van der Waals surface area contributed by atoms with Gasteiger partial charge in [-0.05, 0) is 19.1 Å². The van der Waals surface area contributed by atoms with Crippen molar-refractivity contribution in [2.24, 2.45) is 0 Å². The molecule has 0 bridgehead atoms. The molecule has 0 unspecified atom stereocenters. The fourth-order valence-electron chi connectivity index (χ4n) is 1.34. The molecule has 0 atom stereocenters. The molecular weight excluding hydrogens is 152 g/mol. The molecule has 1 aromatic carbocycles. The Kier molecular flexibility index (Phi) is 1.27. The topological polar surface area (TPSA) is 62.0 Å². The van der Waals surface area contributed by atoms with Crippen molar-refractivity contribution in [2.75, 3.05) is 5.73 Å². The average Bonchev–Trinajstić information content (AvgIpc) is 2.28. The number of nitrogens with two attached hydrogens (primary N) is 1. The highest BCUT2D eigenvalue weighted by Crippen LogP contribution is 2.26. The molecule has 0 radical (unpaired) electrons. The number of phenols is 1. The average molecular weight is 162 g/mol. The number of phenolic OH excluding ortho intramolecular Hbond substituents is 1. The van der Waals surface area contributed by atoms with Crippen LogP contribution in [0.4, 0.5) is 5.69 Å². The Hall–Kier alpha value is -1.64. The molecule has 12 heavy (non-hydrogen) atoms. The molecule has 0 aliphatic carbocycles. The molecule has 2 rings (SSSR count). The summed E-state index contributed by atoms with van der Waals surface area (Å²) < 4.78 is 0. The Labute approximate surface area is 69.8 Å². The van der Waals surface area contributed by atoms with Crippen LogP contribution in [0.25, 0.3) is 10.9 Å². The maximum Gasteiger partial charge on any atom is 0.117 e. The van der Waals surface area contributed by atoms with E-state index in [-0.39, 0.29) is 5.75 Å². The van der Waals surface area contributed by atoms with Gasteiger partial charge in [0.25, 0.3) is 0 Å². The van der Waals surface area contributed by atoms with E-state index in [2.05, 4.69) is 4.98 Å². The first-order valence-electron chi connectivity index (χ1n) is 3.75. The molecular formula is C9H10N2O. The van der Waals surface area contributed by atoms with E-state index in [0.29, 0.717) is 0 Å². The summed E-state index contributed by atoms with van der Waals surface area (Å²) in [4.78, 5) is 3.08. The Bertz CT molecular complexity index is 431. The lowest BCUT2D eigenvalue weighted by Gasteiger charge is -1.92. The molecule has 62 valence electrons. The van der Waals surface area contributed by atoms with Gasteiger partial charge in [0.2, 0.25) is 0 Å². The summed E-state index contributed by atoms with van der Waals surface area (Å²) in [7, 11) is 0. The van der Waals surface area contributed by atoms with Gasteiger partial charge in [-0.3, -0.25) is 0 Å². The second kappa shape index (κ2) is 2.17. The zero-order chi connectivity index (χ0) is 8.72. The number of aromatic hydroxyl groups is 1. The fraction of sp³-hybridized carbons (Fsp3) is 0.111. The highest BCUT2D eigenvalue weighted by Gasteiger charge is 2.03. The predicted octanol–water partition coefficient (Wildman–Crippen LogP) is 1.76. The molecule has 4 N–H and O–H groups in total. The molecule has 3 heteroatoms. The van der Waals surface area contributed by atoms with Crippen molar-refractivity contribution in [1.82, 2.24) is 4.98 Å². The Balaban J connectivity index is 2.87. The van der Waals surface area contributed by atoms with Crippen molar-refractivity contribution in [3.8, 4) is 5.75 Å². The molecule has 0 fully saturated rings. The Morgan fingerprint density at radius 1 is 1.42 bits per heavy atom. The second-order valence-electron chi connectivity index (χ2n) is 2.89. The van der Waals surface area contributed by atoms with Gasteiger partial charge in [0.05, 0.1) is 11.2 Å². The van der Waals surface area contributed by atoms with Gasteiger partial charge in [-0.1, -0.05) is 0 Å². The number of hydrogen-bond donors (Lipinski definition) is 3. The summed E-state index contributed by atoms with van der Waals surface area (Å²) in [5, 5.41) is 10.1. The molecule has 3 nitrogen and oxygen atoms in total. The molecule has 0 saturated heterocycles. The van der Waals surface area contributed by atoms with Crippen LogP contribution in [0.15, 0.2) is 18.2 Å². The third-order valence-corrected chi connectivity index (χ3v) is 2.02. The maximum atomic E-state index is 9.17. The van der Waals surface area contributed by atoms with Crippen LogP contribution in [0.5, 0.6) is 5.75 Å². The summed E-state index contributed by atoms with van der Waals surface area (Å²) in [6.45, 7) is 1.91. The number of rotatable bonds is 0. The van der Waals surface area contributed by atoms with Gasteiger partial charge in [0, 0.05) is 17.1 Å². The number of hydrogen-bond acceptors (Lipinski definition) is 2. The molecule has 1 aromatic heterocycles. The Morgan fingerprint density at radius 3 is 2.92 bits per heavy atom. The lowest BCUT2D eigenvalue weighted by Crippen LogP contribution is -1.83. The van der Waals surface area contributed by atoms with Crippen LogP contribution in [0.3, 0.4) is 0 Å². The number of fused-ring (bicyclic) bond motifs is 1. The molecule has 0 amide bonds. The zero-order valence-electron chi connectivity index (χ0n) is 6.76. The minimum Gasteiger partial charge on any atom is -0.508 e. The van der Waals surface area contributed by atoms with Crippen molar-refractivity contribution >= 4 is 16.6 Å². The normalized spacial score (nSPS) is 10.8. The van der Waals surface area contributed by atoms with Gasteiger partial charge in [-0.2, -0.15) is 0 Å². The lowest BCUT2D eigenvalue weighted by atomic mass is 10.2. The van der Waals surface area contributed by atoms with Gasteiger partial charge in [0.1, 0.15) is 5.75 Å². The van der Waals surface area contributed by atoms with Crippen molar-refractivity contribution in [2.45, 2.75) is 6.92 Å². The van der Waals surface area contributed by atoms with E-state index in [1.165, 1.54) is 0 Å². The molecule has 0 aliphatic rings. The number of anilines is 1. The van der Waals surface area contributed by atoms with Gasteiger partial charge in [0.15, 0.2) is 0 Å². The van der Waals surface area contributed by atoms with E-state index in [1.807, 2.05) is 13.0 Å². The lowest BCUT2D eigenvalue weighted by molar-refractivity contribution is 0.476. The Morgan fingerprint density at radius 2 is 2.17 bits per heavy atom. The van der Waals surface area contributed by atoms with Crippen LogP contribution in [0.2, 0.25) is 0 Å². The van der Waals surface area contributed by atoms with Crippen LogP contribution in [-0.2, 0) is 0 Å². The number of nitrogen functional groups attached to an aromatic ring is 1. The van der Waals surface area contributed by atoms with Crippen molar-refractivity contribution in [3.63, 3.8) is 0 Å². The SMILES string of the molecule is Cc1[nH]c2cc(O)ccc2c1N. The van der Waals surface area contributed by atoms with Gasteiger partial charge < -0.3 is 15.8 Å². The maximum absolute atomic E-state index is 9.17. The highest BCUT2D eigenvalue weighted by molar-refractivity contribution is 5.93. The third kappa shape index (κ3) is 0.830. The van der Waals surface area contributed by atoms with Gasteiger partial charge >= 0.3 is 0 Å². The van der Waals surface area contributed by atoms with Crippen LogP contribution in [0.1, 0.15) is 5.69 Å². The number of nitrogens with one attached hydrogen (secondary N) is 1. The zero-order valence-corrected chi connectivity index (χ0v) is 6.76. The highest BCUT2D eigenvalue weighted by atomic mass is 16.3. The minimum absolute atomic E-state index is 0.253. The van der Waals surface area contributed by atoms with Gasteiger partial charge in [-0.25, -0.2) is 0 Å². The van der Waals surface area contributed by atoms with E-state index >= 15 is 0 Å². The summed E-state index contributed by atoms with van der Waals surface area (Å²) in [5.41, 5.74) is 8.35. The van der Waals surface area contributed by atoms with E-state index in [4.69, 9.17) is 10.8 Å². The van der Waals surface area contributed by atoms with E-state index in [1.54, 1.807) is 12.1 Å². The number of aromatic amines is 1. The summed E-state index contributed by atoms with van der Waals surface area (Å²) >= 11 is 0. The van der Waals surface area contributed by atoms with Crippen molar-refractivity contribution < 1.29 is 5.11 Å². The number of H-pyrrole nitrogens is 1. The molecule has 2 aromatic rings. The monoisotopic (exact) mass is 162 g/mol. The van der Waals surface area contributed by atoms with Crippen LogP contribution in [-0.4, -0.2) is 10.1 Å². The first-order chi connectivity index (χ1) is 5.68. The van der Waals surface area contributed by atoms with Crippen LogP contribution >= 0.6 is 0 Å². The molecule has 1 heterocycles. The largest absolute Gasteiger partial charge is 0.508 e. The van der Waals surface area contributed by atoms with E-state index < -0.39 is 0 Å². The fourth-order valence-corrected chi connectivity index (χ4v) is 1.34. The van der Waals surface area contributed by atoms with Crippen molar-refractivity contribution in [1.29, 1.82) is 0 Å². The molecule has 0 spiro atoms. The summed E-state index contributed by atoms with van der Waals surface area (Å²) in [6.07, 6.45) is 0. The smallest absolute Gasteiger partial charge is 0.117 e. The minimum atomic E-state index is 0.253. The predicted molar refractivity (Wildman–Crippen MR) is 49.1 cm³/mol. The quantitative estimate of drug-likeness (QED) is 0.552. The number of aromatic nitrogens is 1.